The van der Waals surface area contributed by atoms with Crippen LogP contribution in [0, 0.1) is 18.3 Å². The number of rotatable bonds is 2. The number of aryl methyl sites for hydroxylation is 1. The lowest BCUT2D eigenvalue weighted by Crippen LogP contribution is -1.93. The van der Waals surface area contributed by atoms with E-state index in [1.54, 1.807) is 6.20 Å². The van der Waals surface area contributed by atoms with E-state index in [0.717, 1.165) is 16.4 Å². The van der Waals surface area contributed by atoms with Crippen molar-refractivity contribution in [1.29, 1.82) is 5.26 Å². The summed E-state index contributed by atoms with van der Waals surface area (Å²) in [7, 11) is 0. The summed E-state index contributed by atoms with van der Waals surface area (Å²) >= 11 is 1.51. The molecule has 0 saturated heterocycles. The minimum absolute atomic E-state index is 0.644. The topological polar surface area (TPSA) is 48.7 Å². The normalized spacial score (nSPS) is 9.60. The fraction of sp³-hybridized carbons (Fsp3) is 0.0909. The first-order chi connectivity index (χ1) is 7.29. The Balaban J connectivity index is 2.33. The quantitative estimate of drug-likeness (QED) is 0.837. The summed E-state index contributed by atoms with van der Waals surface area (Å²) in [4.78, 5) is 4.11. The lowest BCUT2D eigenvalue weighted by atomic mass is 10.1. The predicted molar refractivity (Wildman–Crippen MR) is 61.3 cm³/mol. The van der Waals surface area contributed by atoms with E-state index in [-0.39, 0.29) is 0 Å². The summed E-state index contributed by atoms with van der Waals surface area (Å²) in [6.07, 6.45) is 1.73. The predicted octanol–water partition coefficient (Wildman–Crippen LogP) is 3.07. The number of nitriles is 1. The summed E-state index contributed by atoms with van der Waals surface area (Å²) < 4.78 is 0. The van der Waals surface area contributed by atoms with Crippen LogP contribution in [0.2, 0.25) is 0 Å². The number of anilines is 2. The maximum Gasteiger partial charge on any atom is 0.187 e. The van der Waals surface area contributed by atoms with Gasteiger partial charge in [-0.15, -0.1) is 11.3 Å². The summed E-state index contributed by atoms with van der Waals surface area (Å²) in [5.41, 5.74) is 2.53. The second-order valence-electron chi connectivity index (χ2n) is 3.12. The molecule has 0 aliphatic heterocycles. The fourth-order valence-electron chi connectivity index (χ4n) is 1.26. The van der Waals surface area contributed by atoms with Gasteiger partial charge in [-0.25, -0.2) is 4.98 Å². The number of nitrogens with one attached hydrogen (secondary N) is 1. The van der Waals surface area contributed by atoms with Crippen LogP contribution in [0.3, 0.4) is 0 Å². The maximum atomic E-state index is 8.96. The van der Waals surface area contributed by atoms with Gasteiger partial charge < -0.3 is 5.32 Å². The third kappa shape index (κ3) is 2.14. The van der Waals surface area contributed by atoms with Crippen LogP contribution in [-0.4, -0.2) is 4.98 Å². The lowest BCUT2D eigenvalue weighted by molar-refractivity contribution is 1.36. The molecule has 0 aliphatic rings. The molecular formula is C11H9N3S. The van der Waals surface area contributed by atoms with Crippen LogP contribution in [0.5, 0.6) is 0 Å². The van der Waals surface area contributed by atoms with Gasteiger partial charge in [0.05, 0.1) is 11.3 Å². The highest BCUT2D eigenvalue weighted by molar-refractivity contribution is 7.13. The van der Waals surface area contributed by atoms with E-state index in [1.807, 2.05) is 30.5 Å². The molecule has 15 heavy (non-hydrogen) atoms. The van der Waals surface area contributed by atoms with E-state index in [2.05, 4.69) is 16.4 Å². The van der Waals surface area contributed by atoms with Gasteiger partial charge in [-0.05, 0) is 24.6 Å². The average Bonchev–Trinajstić information content (AvgIpc) is 2.73. The van der Waals surface area contributed by atoms with Crippen LogP contribution in [0.1, 0.15) is 11.1 Å². The molecule has 0 amide bonds. The summed E-state index contributed by atoms with van der Waals surface area (Å²) in [6.45, 7) is 1.97. The van der Waals surface area contributed by atoms with Crippen molar-refractivity contribution in [2.75, 3.05) is 5.32 Å². The molecule has 3 nitrogen and oxygen atoms in total. The first kappa shape index (κ1) is 9.69. The Kier molecular flexibility index (Phi) is 2.66. The molecule has 0 aliphatic carbocycles. The van der Waals surface area contributed by atoms with E-state index in [1.165, 1.54) is 11.3 Å². The van der Waals surface area contributed by atoms with E-state index in [4.69, 9.17) is 5.26 Å². The number of aromatic nitrogens is 1. The molecule has 0 radical (unpaired) electrons. The number of benzene rings is 1. The molecule has 1 N–H and O–H groups in total. The third-order valence-electron chi connectivity index (χ3n) is 1.97. The largest absolute Gasteiger partial charge is 0.330 e. The van der Waals surface area contributed by atoms with Gasteiger partial charge in [0.2, 0.25) is 0 Å². The van der Waals surface area contributed by atoms with Crippen LogP contribution in [0.4, 0.5) is 10.8 Å². The third-order valence-corrected chi connectivity index (χ3v) is 2.66. The molecule has 0 fully saturated rings. The zero-order valence-corrected chi connectivity index (χ0v) is 9.01. The molecule has 1 heterocycles. The Bertz CT molecular complexity index is 497. The highest BCUT2D eigenvalue weighted by Gasteiger charge is 2.03. The van der Waals surface area contributed by atoms with Gasteiger partial charge in [0.25, 0.3) is 0 Å². The van der Waals surface area contributed by atoms with Crippen molar-refractivity contribution in [3.8, 4) is 6.07 Å². The maximum absolute atomic E-state index is 8.96. The fourth-order valence-corrected chi connectivity index (χ4v) is 1.80. The molecule has 0 spiro atoms. The molecular weight excluding hydrogens is 206 g/mol. The zero-order chi connectivity index (χ0) is 10.7. The van der Waals surface area contributed by atoms with E-state index < -0.39 is 0 Å². The number of thiazole rings is 1. The van der Waals surface area contributed by atoms with Crippen molar-refractivity contribution in [2.45, 2.75) is 6.92 Å². The van der Waals surface area contributed by atoms with Gasteiger partial charge in [-0.2, -0.15) is 5.26 Å². The van der Waals surface area contributed by atoms with Gasteiger partial charge in [0, 0.05) is 11.6 Å². The molecule has 74 valence electrons. The van der Waals surface area contributed by atoms with Crippen LogP contribution in [-0.2, 0) is 0 Å². The molecule has 2 rings (SSSR count). The van der Waals surface area contributed by atoms with Crippen molar-refractivity contribution in [1.82, 2.24) is 4.98 Å². The van der Waals surface area contributed by atoms with Gasteiger partial charge >= 0.3 is 0 Å². The summed E-state index contributed by atoms with van der Waals surface area (Å²) in [5, 5.41) is 14.8. The SMILES string of the molecule is Cc1ccc(Nc2nccs2)c(C#N)c1. The molecule has 1 aromatic heterocycles. The molecule has 2 aromatic rings. The molecule has 1 aromatic carbocycles. The standard InChI is InChI=1S/C11H9N3S/c1-8-2-3-10(9(6-8)7-12)14-11-13-4-5-15-11/h2-6H,1H3,(H,13,14). The first-order valence-electron chi connectivity index (χ1n) is 4.47. The van der Waals surface area contributed by atoms with Crippen molar-refractivity contribution in [3.63, 3.8) is 0 Å². The summed E-state index contributed by atoms with van der Waals surface area (Å²) in [5.74, 6) is 0. The molecule has 4 heteroatoms. The van der Waals surface area contributed by atoms with Crippen LogP contribution >= 0.6 is 11.3 Å². The van der Waals surface area contributed by atoms with Gasteiger partial charge in [-0.3, -0.25) is 0 Å². The highest BCUT2D eigenvalue weighted by atomic mass is 32.1. The van der Waals surface area contributed by atoms with Crippen LogP contribution < -0.4 is 5.32 Å². The van der Waals surface area contributed by atoms with Crippen LogP contribution in [0.15, 0.2) is 29.8 Å². The molecule has 0 unspecified atom stereocenters. The Morgan fingerprint density at radius 1 is 1.47 bits per heavy atom. The Morgan fingerprint density at radius 2 is 2.33 bits per heavy atom. The summed E-state index contributed by atoms with van der Waals surface area (Å²) in [6, 6.07) is 7.89. The minimum atomic E-state index is 0.644. The zero-order valence-electron chi connectivity index (χ0n) is 8.19. The monoisotopic (exact) mass is 215 g/mol. The molecule has 0 atom stereocenters. The van der Waals surface area contributed by atoms with Crippen LogP contribution in [0.25, 0.3) is 0 Å². The number of nitrogens with zero attached hydrogens (tertiary/aromatic N) is 2. The average molecular weight is 215 g/mol. The molecule has 0 saturated carbocycles. The van der Waals surface area contributed by atoms with E-state index >= 15 is 0 Å². The number of hydrogen-bond donors (Lipinski definition) is 1. The highest BCUT2D eigenvalue weighted by Crippen LogP contribution is 2.22. The minimum Gasteiger partial charge on any atom is -0.330 e. The van der Waals surface area contributed by atoms with Gasteiger partial charge in [0.15, 0.2) is 5.13 Å². The lowest BCUT2D eigenvalue weighted by Gasteiger charge is -2.05. The smallest absolute Gasteiger partial charge is 0.187 e. The van der Waals surface area contributed by atoms with E-state index in [9.17, 15) is 0 Å². The van der Waals surface area contributed by atoms with Crippen molar-refractivity contribution < 1.29 is 0 Å². The van der Waals surface area contributed by atoms with E-state index in [0.29, 0.717) is 5.56 Å². The van der Waals surface area contributed by atoms with Crippen molar-refractivity contribution in [3.05, 3.63) is 40.9 Å². The van der Waals surface area contributed by atoms with Gasteiger partial charge in [-0.1, -0.05) is 6.07 Å². The Hall–Kier alpha value is -1.86. The Labute approximate surface area is 92.0 Å². The first-order valence-corrected chi connectivity index (χ1v) is 5.35. The molecule has 0 bridgehead atoms. The number of hydrogen-bond acceptors (Lipinski definition) is 4. The van der Waals surface area contributed by atoms with Gasteiger partial charge in [0.1, 0.15) is 6.07 Å². The second-order valence-corrected chi connectivity index (χ2v) is 4.02. The van der Waals surface area contributed by atoms with Crippen molar-refractivity contribution in [2.24, 2.45) is 0 Å². The second kappa shape index (κ2) is 4.11. The Morgan fingerprint density at radius 3 is 3.00 bits per heavy atom. The van der Waals surface area contributed by atoms with Crippen molar-refractivity contribution >= 4 is 22.2 Å².